The lowest BCUT2D eigenvalue weighted by Gasteiger charge is -2.02. The van der Waals surface area contributed by atoms with E-state index < -0.39 is 28.4 Å². The SMILES string of the molecule is CC(Cn1nnc([N+](=O)[O-])n1)=NNC(=O)c1ccc(F)cc1F. The minimum absolute atomic E-state index is 0.0764. The summed E-state index contributed by atoms with van der Waals surface area (Å²) in [7, 11) is 0. The van der Waals surface area contributed by atoms with Gasteiger partial charge in [-0.25, -0.2) is 14.2 Å². The van der Waals surface area contributed by atoms with Crippen molar-refractivity contribution in [1.82, 2.24) is 25.6 Å². The van der Waals surface area contributed by atoms with Gasteiger partial charge in [0.25, 0.3) is 5.91 Å². The van der Waals surface area contributed by atoms with Crippen LogP contribution in [0.25, 0.3) is 0 Å². The standard InChI is InChI=1S/C11H9F2N7O3/c1-6(5-19-17-11(16-18-19)20(22)23)14-15-10(21)8-3-2-7(12)4-9(8)13/h2-4H,5H2,1H3,(H,15,21). The Morgan fingerprint density at radius 3 is 2.83 bits per heavy atom. The lowest BCUT2D eigenvalue weighted by Crippen LogP contribution is -2.22. The smallest absolute Gasteiger partial charge is 0.390 e. The molecule has 0 fully saturated rings. The Morgan fingerprint density at radius 1 is 1.48 bits per heavy atom. The summed E-state index contributed by atoms with van der Waals surface area (Å²) in [6, 6.07) is 2.49. The normalized spacial score (nSPS) is 11.3. The number of hydrazone groups is 1. The van der Waals surface area contributed by atoms with Crippen molar-refractivity contribution >= 4 is 17.6 Å². The number of nitrogens with zero attached hydrogens (tertiary/aromatic N) is 6. The molecule has 0 aliphatic rings. The molecule has 23 heavy (non-hydrogen) atoms. The van der Waals surface area contributed by atoms with Crippen LogP contribution < -0.4 is 5.43 Å². The molecule has 1 aromatic heterocycles. The Labute approximate surface area is 126 Å². The molecule has 0 bridgehead atoms. The first-order chi connectivity index (χ1) is 10.9. The van der Waals surface area contributed by atoms with Gasteiger partial charge in [0, 0.05) is 11.3 Å². The number of halogens is 2. The van der Waals surface area contributed by atoms with Crippen molar-refractivity contribution in [2.75, 3.05) is 0 Å². The number of tetrazole rings is 1. The van der Waals surface area contributed by atoms with Crippen molar-refractivity contribution in [3.05, 3.63) is 45.5 Å². The maximum absolute atomic E-state index is 13.4. The number of nitro groups is 1. The van der Waals surface area contributed by atoms with Crippen LogP contribution in [-0.2, 0) is 6.54 Å². The van der Waals surface area contributed by atoms with E-state index in [0.29, 0.717) is 6.07 Å². The summed E-state index contributed by atoms with van der Waals surface area (Å²) in [6.07, 6.45) is 0. The van der Waals surface area contributed by atoms with Crippen LogP contribution in [-0.4, -0.2) is 36.7 Å². The molecule has 1 amide bonds. The van der Waals surface area contributed by atoms with Crippen molar-refractivity contribution in [2.45, 2.75) is 13.5 Å². The second-order valence-corrected chi connectivity index (χ2v) is 4.29. The average molecular weight is 325 g/mol. The third kappa shape index (κ3) is 4.09. The molecule has 2 rings (SSSR count). The van der Waals surface area contributed by atoms with Crippen molar-refractivity contribution in [2.24, 2.45) is 5.10 Å². The molecular weight excluding hydrogens is 316 g/mol. The Hall–Kier alpha value is -3.31. The number of hydrogen-bond acceptors (Lipinski definition) is 7. The highest BCUT2D eigenvalue weighted by Gasteiger charge is 2.16. The van der Waals surface area contributed by atoms with Gasteiger partial charge < -0.3 is 10.1 Å². The van der Waals surface area contributed by atoms with Gasteiger partial charge in [0.15, 0.2) is 0 Å². The van der Waals surface area contributed by atoms with Gasteiger partial charge in [-0.3, -0.25) is 4.79 Å². The molecule has 0 saturated heterocycles. The molecule has 0 radical (unpaired) electrons. The van der Waals surface area contributed by atoms with Gasteiger partial charge in [-0.2, -0.15) is 5.10 Å². The molecule has 0 aliphatic carbocycles. The predicted molar refractivity (Wildman–Crippen MR) is 71.4 cm³/mol. The van der Waals surface area contributed by atoms with Gasteiger partial charge in [0.1, 0.15) is 18.2 Å². The molecule has 0 atom stereocenters. The van der Waals surface area contributed by atoms with E-state index in [4.69, 9.17) is 0 Å². The lowest BCUT2D eigenvalue weighted by atomic mass is 10.2. The fourth-order valence-corrected chi connectivity index (χ4v) is 1.49. The lowest BCUT2D eigenvalue weighted by molar-refractivity contribution is -0.394. The quantitative estimate of drug-likeness (QED) is 0.488. The number of nitrogens with one attached hydrogen (secondary N) is 1. The molecule has 2 aromatic rings. The molecule has 0 saturated carbocycles. The van der Waals surface area contributed by atoms with Gasteiger partial charge in [-0.1, -0.05) is 4.80 Å². The van der Waals surface area contributed by atoms with Crippen LogP contribution in [0, 0.1) is 21.7 Å². The second kappa shape index (κ2) is 6.64. The third-order valence-corrected chi connectivity index (χ3v) is 2.50. The molecule has 1 N–H and O–H groups in total. The zero-order valence-electron chi connectivity index (χ0n) is 11.6. The summed E-state index contributed by atoms with van der Waals surface area (Å²) in [5.41, 5.74) is 1.97. The first kappa shape index (κ1) is 16.1. The first-order valence-electron chi connectivity index (χ1n) is 6.07. The third-order valence-electron chi connectivity index (χ3n) is 2.50. The van der Waals surface area contributed by atoms with E-state index in [1.165, 1.54) is 6.92 Å². The first-order valence-corrected chi connectivity index (χ1v) is 6.07. The average Bonchev–Trinajstić information content (AvgIpc) is 2.93. The number of hydrogen-bond donors (Lipinski definition) is 1. The molecule has 1 aromatic carbocycles. The summed E-state index contributed by atoms with van der Waals surface area (Å²) in [5, 5.41) is 24.1. The zero-order chi connectivity index (χ0) is 17.0. The Kier molecular flexibility index (Phi) is 4.64. The van der Waals surface area contributed by atoms with E-state index in [1.807, 2.05) is 0 Å². The molecule has 0 unspecified atom stereocenters. The predicted octanol–water partition coefficient (Wildman–Crippen LogP) is 0.665. The summed E-state index contributed by atoms with van der Waals surface area (Å²) in [5.74, 6) is -3.38. The fourth-order valence-electron chi connectivity index (χ4n) is 1.49. The number of amides is 1. The molecule has 120 valence electrons. The summed E-state index contributed by atoms with van der Waals surface area (Å²) >= 11 is 0. The molecule has 12 heteroatoms. The van der Waals surface area contributed by atoms with E-state index >= 15 is 0 Å². The highest BCUT2D eigenvalue weighted by molar-refractivity contribution is 5.95. The van der Waals surface area contributed by atoms with E-state index in [-0.39, 0.29) is 17.8 Å². The van der Waals surface area contributed by atoms with Crippen molar-refractivity contribution < 1.29 is 18.5 Å². The Morgan fingerprint density at radius 2 is 2.22 bits per heavy atom. The fraction of sp³-hybridized carbons (Fsp3) is 0.182. The number of carbonyl (C=O) groups is 1. The van der Waals surface area contributed by atoms with Gasteiger partial charge in [0.2, 0.25) is 0 Å². The largest absolute Gasteiger partial charge is 0.514 e. The maximum atomic E-state index is 13.4. The zero-order valence-corrected chi connectivity index (χ0v) is 11.6. The monoisotopic (exact) mass is 325 g/mol. The van der Waals surface area contributed by atoms with Crippen molar-refractivity contribution in [3.63, 3.8) is 0 Å². The van der Waals surface area contributed by atoms with E-state index in [2.05, 4.69) is 25.9 Å². The summed E-state index contributed by atoms with van der Waals surface area (Å²) in [4.78, 5) is 22.2. The van der Waals surface area contributed by atoms with Gasteiger partial charge in [-0.15, -0.1) is 0 Å². The minimum atomic E-state index is -1.02. The minimum Gasteiger partial charge on any atom is -0.390 e. The Balaban J connectivity index is 2.00. The number of rotatable bonds is 5. The van der Waals surface area contributed by atoms with Crippen LogP contribution in [0.2, 0.25) is 0 Å². The topological polar surface area (TPSA) is 128 Å². The highest BCUT2D eigenvalue weighted by Crippen LogP contribution is 2.09. The van der Waals surface area contributed by atoms with E-state index in [1.54, 1.807) is 0 Å². The number of benzene rings is 1. The van der Waals surface area contributed by atoms with E-state index in [9.17, 15) is 23.7 Å². The number of carbonyl (C=O) groups excluding carboxylic acids is 1. The van der Waals surface area contributed by atoms with Gasteiger partial charge in [-0.05, 0) is 24.0 Å². The van der Waals surface area contributed by atoms with Gasteiger partial charge in [0.05, 0.1) is 21.5 Å². The molecule has 0 spiro atoms. The van der Waals surface area contributed by atoms with Crippen LogP contribution >= 0.6 is 0 Å². The van der Waals surface area contributed by atoms with Crippen LogP contribution in [0.4, 0.5) is 14.7 Å². The Bertz CT molecular complexity index is 790. The van der Waals surface area contributed by atoms with Crippen LogP contribution in [0.3, 0.4) is 0 Å². The molecule has 0 aliphatic heterocycles. The van der Waals surface area contributed by atoms with Crippen LogP contribution in [0.15, 0.2) is 23.3 Å². The van der Waals surface area contributed by atoms with Gasteiger partial charge >= 0.3 is 5.95 Å². The highest BCUT2D eigenvalue weighted by atomic mass is 19.1. The maximum Gasteiger partial charge on any atom is 0.514 e. The second-order valence-electron chi connectivity index (χ2n) is 4.29. The molecule has 1 heterocycles. The number of aromatic nitrogens is 4. The summed E-state index contributed by atoms with van der Waals surface area (Å²) in [6.45, 7) is 1.41. The van der Waals surface area contributed by atoms with Crippen LogP contribution in [0.5, 0.6) is 0 Å². The summed E-state index contributed by atoms with van der Waals surface area (Å²) < 4.78 is 26.2. The molecular formula is C11H9F2N7O3. The van der Waals surface area contributed by atoms with Crippen molar-refractivity contribution in [3.8, 4) is 0 Å². The van der Waals surface area contributed by atoms with Crippen molar-refractivity contribution in [1.29, 1.82) is 0 Å². The molecule has 10 nitrogen and oxygen atoms in total. The van der Waals surface area contributed by atoms with E-state index in [0.717, 1.165) is 16.9 Å². The van der Waals surface area contributed by atoms with Crippen LogP contribution in [0.1, 0.15) is 17.3 Å².